The summed E-state index contributed by atoms with van der Waals surface area (Å²) < 4.78 is 5.71. The Labute approximate surface area is 134 Å². The van der Waals surface area contributed by atoms with Gasteiger partial charge in [-0.1, -0.05) is 49.2 Å². The lowest BCUT2D eigenvalue weighted by atomic mass is 9.85. The molecular weight excluding hydrogens is 305 g/mol. The highest BCUT2D eigenvalue weighted by Crippen LogP contribution is 2.40. The summed E-state index contributed by atoms with van der Waals surface area (Å²) in [6, 6.07) is 11.2. The standard InChI is InChI=1S/C17H17Cl2NO/c1-17(2)9-21-15-6-3-10(7-13(15)17)16(20)12-5-4-11(18)8-14(12)19/h3-8,16H,9,20H2,1-2H3. The molecule has 0 amide bonds. The zero-order chi connectivity index (χ0) is 15.2. The third kappa shape index (κ3) is 2.64. The molecule has 0 spiro atoms. The minimum Gasteiger partial charge on any atom is -0.492 e. The van der Waals surface area contributed by atoms with Gasteiger partial charge in [0.25, 0.3) is 0 Å². The molecule has 110 valence electrons. The predicted octanol–water partition coefficient (Wildman–Crippen LogP) is 4.71. The average Bonchev–Trinajstić information content (AvgIpc) is 2.74. The molecule has 0 saturated carbocycles. The smallest absolute Gasteiger partial charge is 0.123 e. The number of ether oxygens (including phenoxy) is 1. The van der Waals surface area contributed by atoms with Crippen LogP contribution in [0.5, 0.6) is 5.75 Å². The molecule has 1 aliphatic heterocycles. The summed E-state index contributed by atoms with van der Waals surface area (Å²) in [6.45, 7) is 5.04. The predicted molar refractivity (Wildman–Crippen MR) is 87.5 cm³/mol. The van der Waals surface area contributed by atoms with Gasteiger partial charge in [-0.2, -0.15) is 0 Å². The van der Waals surface area contributed by atoms with Crippen molar-refractivity contribution in [2.75, 3.05) is 6.61 Å². The van der Waals surface area contributed by atoms with E-state index in [1.807, 2.05) is 24.3 Å². The first-order valence-corrected chi connectivity index (χ1v) is 7.62. The highest BCUT2D eigenvalue weighted by atomic mass is 35.5. The van der Waals surface area contributed by atoms with Crippen LogP contribution in [0.15, 0.2) is 36.4 Å². The molecular formula is C17H17Cl2NO. The van der Waals surface area contributed by atoms with E-state index in [9.17, 15) is 0 Å². The maximum absolute atomic E-state index is 6.38. The zero-order valence-corrected chi connectivity index (χ0v) is 13.5. The zero-order valence-electron chi connectivity index (χ0n) is 12.0. The highest BCUT2D eigenvalue weighted by molar-refractivity contribution is 6.35. The summed E-state index contributed by atoms with van der Waals surface area (Å²) in [5.74, 6) is 0.943. The van der Waals surface area contributed by atoms with E-state index in [2.05, 4.69) is 19.9 Å². The van der Waals surface area contributed by atoms with E-state index in [1.54, 1.807) is 6.07 Å². The molecule has 2 aromatic carbocycles. The molecule has 2 nitrogen and oxygen atoms in total. The van der Waals surface area contributed by atoms with Crippen LogP contribution < -0.4 is 10.5 Å². The second-order valence-electron chi connectivity index (χ2n) is 6.07. The van der Waals surface area contributed by atoms with Crippen LogP contribution in [0.3, 0.4) is 0 Å². The maximum atomic E-state index is 6.38. The Morgan fingerprint density at radius 3 is 2.62 bits per heavy atom. The molecule has 1 atom stereocenters. The Balaban J connectivity index is 2.01. The number of halogens is 2. The van der Waals surface area contributed by atoms with Gasteiger partial charge in [-0.15, -0.1) is 0 Å². The van der Waals surface area contributed by atoms with Gasteiger partial charge in [-0.25, -0.2) is 0 Å². The van der Waals surface area contributed by atoms with Crippen LogP contribution in [0.2, 0.25) is 10.0 Å². The largest absolute Gasteiger partial charge is 0.492 e. The van der Waals surface area contributed by atoms with Crippen LogP contribution in [0.25, 0.3) is 0 Å². The van der Waals surface area contributed by atoms with Crippen LogP contribution in [-0.4, -0.2) is 6.61 Å². The van der Waals surface area contributed by atoms with E-state index >= 15 is 0 Å². The molecule has 21 heavy (non-hydrogen) atoms. The van der Waals surface area contributed by atoms with Crippen molar-refractivity contribution in [2.45, 2.75) is 25.3 Å². The third-order valence-electron chi connectivity index (χ3n) is 3.98. The molecule has 0 bridgehead atoms. The number of rotatable bonds is 2. The van der Waals surface area contributed by atoms with Gasteiger partial charge in [-0.3, -0.25) is 0 Å². The van der Waals surface area contributed by atoms with Crippen molar-refractivity contribution in [1.29, 1.82) is 0 Å². The highest BCUT2D eigenvalue weighted by Gasteiger charge is 2.32. The fourth-order valence-corrected chi connectivity index (χ4v) is 3.19. The van der Waals surface area contributed by atoms with Crippen LogP contribution in [0.4, 0.5) is 0 Å². The van der Waals surface area contributed by atoms with Gasteiger partial charge in [0.05, 0.1) is 12.6 Å². The summed E-state index contributed by atoms with van der Waals surface area (Å²) in [5.41, 5.74) is 9.48. The van der Waals surface area contributed by atoms with Crippen molar-refractivity contribution in [3.05, 3.63) is 63.1 Å². The Morgan fingerprint density at radius 1 is 1.14 bits per heavy atom. The Bertz CT molecular complexity index is 697. The average molecular weight is 322 g/mol. The lowest BCUT2D eigenvalue weighted by Crippen LogP contribution is -2.19. The first-order chi connectivity index (χ1) is 9.88. The van der Waals surface area contributed by atoms with Gasteiger partial charge >= 0.3 is 0 Å². The van der Waals surface area contributed by atoms with Crippen molar-refractivity contribution in [3.8, 4) is 5.75 Å². The van der Waals surface area contributed by atoms with Gasteiger partial charge < -0.3 is 10.5 Å². The lowest BCUT2D eigenvalue weighted by molar-refractivity contribution is 0.291. The van der Waals surface area contributed by atoms with E-state index in [1.165, 1.54) is 5.56 Å². The van der Waals surface area contributed by atoms with E-state index in [0.29, 0.717) is 16.7 Å². The Kier molecular flexibility index (Phi) is 3.64. The van der Waals surface area contributed by atoms with Crippen LogP contribution in [0, 0.1) is 0 Å². The van der Waals surface area contributed by atoms with Gasteiger partial charge in [0.1, 0.15) is 5.75 Å². The van der Waals surface area contributed by atoms with Gasteiger partial charge in [-0.05, 0) is 35.4 Å². The minimum absolute atomic E-state index is 0.00878. The van der Waals surface area contributed by atoms with Crippen LogP contribution >= 0.6 is 23.2 Å². The molecule has 0 saturated heterocycles. The maximum Gasteiger partial charge on any atom is 0.123 e. The molecule has 0 aromatic heterocycles. The van der Waals surface area contributed by atoms with E-state index in [-0.39, 0.29) is 11.5 Å². The van der Waals surface area contributed by atoms with Crippen molar-refractivity contribution in [3.63, 3.8) is 0 Å². The SMILES string of the molecule is CC1(C)COc2ccc(C(N)c3ccc(Cl)cc3Cl)cc21. The molecule has 0 fully saturated rings. The quantitative estimate of drug-likeness (QED) is 0.869. The number of hydrogen-bond acceptors (Lipinski definition) is 2. The molecule has 0 aliphatic carbocycles. The summed E-state index contributed by atoms with van der Waals surface area (Å²) in [7, 11) is 0. The molecule has 1 heterocycles. The molecule has 2 N–H and O–H groups in total. The monoisotopic (exact) mass is 321 g/mol. The topological polar surface area (TPSA) is 35.2 Å². The molecule has 4 heteroatoms. The lowest BCUT2D eigenvalue weighted by Gasteiger charge is -2.19. The number of benzene rings is 2. The van der Waals surface area contributed by atoms with E-state index in [4.69, 9.17) is 33.7 Å². The molecule has 3 rings (SSSR count). The first kappa shape index (κ1) is 14.7. The minimum atomic E-state index is -0.281. The normalized spacial score (nSPS) is 17.2. The second kappa shape index (κ2) is 5.20. The van der Waals surface area contributed by atoms with E-state index in [0.717, 1.165) is 16.9 Å². The fourth-order valence-electron chi connectivity index (χ4n) is 2.67. The number of nitrogens with two attached hydrogens (primary N) is 1. The van der Waals surface area contributed by atoms with E-state index < -0.39 is 0 Å². The summed E-state index contributed by atoms with van der Waals surface area (Å²) in [5, 5.41) is 1.20. The molecule has 2 aromatic rings. The molecule has 0 radical (unpaired) electrons. The molecule has 1 aliphatic rings. The number of hydrogen-bond donors (Lipinski definition) is 1. The Morgan fingerprint density at radius 2 is 1.90 bits per heavy atom. The summed E-state index contributed by atoms with van der Waals surface area (Å²) >= 11 is 12.2. The third-order valence-corrected chi connectivity index (χ3v) is 4.54. The van der Waals surface area contributed by atoms with Crippen molar-refractivity contribution >= 4 is 23.2 Å². The van der Waals surface area contributed by atoms with Crippen molar-refractivity contribution < 1.29 is 4.74 Å². The van der Waals surface area contributed by atoms with Gasteiger partial charge in [0.2, 0.25) is 0 Å². The van der Waals surface area contributed by atoms with Crippen molar-refractivity contribution in [1.82, 2.24) is 0 Å². The van der Waals surface area contributed by atoms with Crippen molar-refractivity contribution in [2.24, 2.45) is 5.73 Å². The van der Waals surface area contributed by atoms with Gasteiger partial charge in [0.15, 0.2) is 0 Å². The van der Waals surface area contributed by atoms with Gasteiger partial charge in [0, 0.05) is 21.0 Å². The summed E-state index contributed by atoms with van der Waals surface area (Å²) in [6.07, 6.45) is 0. The van der Waals surface area contributed by atoms with Crippen LogP contribution in [0.1, 0.15) is 36.6 Å². The molecule has 1 unspecified atom stereocenters. The fraction of sp³-hybridized carbons (Fsp3) is 0.294. The Hall–Kier alpha value is -1.22. The summed E-state index contributed by atoms with van der Waals surface area (Å²) in [4.78, 5) is 0. The van der Waals surface area contributed by atoms with Crippen LogP contribution in [-0.2, 0) is 5.41 Å². The number of fused-ring (bicyclic) bond motifs is 1. The second-order valence-corrected chi connectivity index (χ2v) is 6.92. The first-order valence-electron chi connectivity index (χ1n) is 6.86.